The second-order valence-corrected chi connectivity index (χ2v) is 6.01. The Morgan fingerprint density at radius 2 is 1.93 bits per heavy atom. The summed E-state index contributed by atoms with van der Waals surface area (Å²) in [5, 5.41) is 13.4. The van der Waals surface area contributed by atoms with Gasteiger partial charge in [0.25, 0.3) is 11.6 Å². The number of esters is 1. The number of methoxy groups -OCH3 is 1. The molecule has 0 saturated heterocycles. The van der Waals surface area contributed by atoms with Gasteiger partial charge in [0.15, 0.2) is 6.10 Å². The second-order valence-electron chi connectivity index (χ2n) is 6.01. The van der Waals surface area contributed by atoms with Crippen LogP contribution < -0.4 is 14.8 Å². The van der Waals surface area contributed by atoms with E-state index in [1.54, 1.807) is 18.2 Å². The highest BCUT2D eigenvalue weighted by Gasteiger charge is 2.19. The molecule has 0 aromatic heterocycles. The number of non-ortho nitro benzene ring substituents is 1. The third-order valence-electron chi connectivity index (χ3n) is 3.93. The summed E-state index contributed by atoms with van der Waals surface area (Å²) < 4.78 is 15.7. The number of carbonyl (C=O) groups is 2. The Bertz CT molecular complexity index is 956. The van der Waals surface area contributed by atoms with E-state index < -0.39 is 22.9 Å². The molecule has 9 heteroatoms. The van der Waals surface area contributed by atoms with Crippen LogP contribution in [0.2, 0.25) is 0 Å². The van der Waals surface area contributed by atoms with E-state index in [0.29, 0.717) is 17.9 Å². The fourth-order valence-corrected chi connectivity index (χ4v) is 2.46. The minimum absolute atomic E-state index is 0.114. The number of hydrogen-bond donors (Lipinski definition) is 1. The fourth-order valence-electron chi connectivity index (χ4n) is 2.46. The first-order chi connectivity index (χ1) is 14.3. The Kier molecular flexibility index (Phi) is 7.92. The molecule has 2 aromatic rings. The average molecular weight is 414 g/mol. The van der Waals surface area contributed by atoms with Crippen LogP contribution in [0.5, 0.6) is 11.5 Å². The molecule has 158 valence electrons. The van der Waals surface area contributed by atoms with Gasteiger partial charge in [-0.05, 0) is 32.1 Å². The maximum absolute atomic E-state index is 12.3. The summed E-state index contributed by atoms with van der Waals surface area (Å²) >= 11 is 0. The second kappa shape index (κ2) is 10.6. The minimum Gasteiger partial charge on any atom is -0.494 e. The SMILES string of the molecule is CCOc1ccccc1/C=C/C(=O)O[C@@H](C)C(=O)Nc1ccc([N+](=O)[O-])cc1OC. The molecule has 0 spiro atoms. The van der Waals surface area contributed by atoms with Gasteiger partial charge in [-0.15, -0.1) is 0 Å². The van der Waals surface area contributed by atoms with Crippen molar-refractivity contribution >= 4 is 29.3 Å². The van der Waals surface area contributed by atoms with E-state index >= 15 is 0 Å². The first kappa shape index (κ1) is 22.4. The largest absolute Gasteiger partial charge is 0.494 e. The van der Waals surface area contributed by atoms with Gasteiger partial charge < -0.3 is 19.5 Å². The molecule has 9 nitrogen and oxygen atoms in total. The number of amides is 1. The molecular weight excluding hydrogens is 392 g/mol. The summed E-state index contributed by atoms with van der Waals surface area (Å²) in [6.45, 7) is 3.75. The zero-order valence-electron chi connectivity index (χ0n) is 16.8. The molecule has 0 unspecified atom stereocenters. The van der Waals surface area contributed by atoms with Gasteiger partial charge in [0.2, 0.25) is 0 Å². The molecule has 0 fully saturated rings. The predicted octanol–water partition coefficient (Wildman–Crippen LogP) is 3.59. The van der Waals surface area contributed by atoms with Gasteiger partial charge in [0, 0.05) is 17.7 Å². The van der Waals surface area contributed by atoms with Crippen LogP contribution in [0, 0.1) is 10.1 Å². The van der Waals surface area contributed by atoms with E-state index in [1.807, 2.05) is 13.0 Å². The van der Waals surface area contributed by atoms with E-state index in [2.05, 4.69) is 5.32 Å². The van der Waals surface area contributed by atoms with Crippen molar-refractivity contribution in [2.45, 2.75) is 20.0 Å². The van der Waals surface area contributed by atoms with Crippen molar-refractivity contribution in [1.29, 1.82) is 0 Å². The lowest BCUT2D eigenvalue weighted by molar-refractivity contribution is -0.384. The van der Waals surface area contributed by atoms with E-state index in [0.717, 1.165) is 0 Å². The number of ether oxygens (including phenoxy) is 3. The summed E-state index contributed by atoms with van der Waals surface area (Å²) in [6, 6.07) is 10.9. The number of anilines is 1. The van der Waals surface area contributed by atoms with Crippen LogP contribution >= 0.6 is 0 Å². The Morgan fingerprint density at radius 1 is 1.20 bits per heavy atom. The van der Waals surface area contributed by atoms with E-state index in [4.69, 9.17) is 14.2 Å². The molecule has 0 aliphatic carbocycles. The molecule has 0 aliphatic rings. The van der Waals surface area contributed by atoms with Crippen LogP contribution in [0.3, 0.4) is 0 Å². The Balaban J connectivity index is 2.00. The van der Waals surface area contributed by atoms with Crippen LogP contribution in [-0.2, 0) is 14.3 Å². The molecule has 0 bridgehead atoms. The zero-order chi connectivity index (χ0) is 22.1. The topological polar surface area (TPSA) is 117 Å². The van der Waals surface area contributed by atoms with Crippen LogP contribution in [0.15, 0.2) is 48.5 Å². The summed E-state index contributed by atoms with van der Waals surface area (Å²) in [6.07, 6.45) is 1.63. The lowest BCUT2D eigenvalue weighted by Crippen LogP contribution is -2.29. The highest BCUT2D eigenvalue weighted by molar-refractivity contribution is 5.97. The molecule has 0 heterocycles. The summed E-state index contributed by atoms with van der Waals surface area (Å²) in [4.78, 5) is 34.7. The van der Waals surface area contributed by atoms with Gasteiger partial charge in [-0.3, -0.25) is 14.9 Å². The third-order valence-corrected chi connectivity index (χ3v) is 3.93. The van der Waals surface area contributed by atoms with Crippen molar-refractivity contribution in [3.05, 3.63) is 64.2 Å². The molecule has 0 saturated carbocycles. The van der Waals surface area contributed by atoms with Crippen molar-refractivity contribution in [3.8, 4) is 11.5 Å². The molecule has 0 aliphatic heterocycles. The van der Waals surface area contributed by atoms with Gasteiger partial charge in [0.1, 0.15) is 11.5 Å². The fraction of sp³-hybridized carbons (Fsp3) is 0.238. The molecule has 1 N–H and O–H groups in total. The molecule has 1 atom stereocenters. The van der Waals surface area contributed by atoms with Gasteiger partial charge in [-0.1, -0.05) is 18.2 Å². The normalized spacial score (nSPS) is 11.6. The molecular formula is C21H22N2O7. The number of nitro groups is 1. The van der Waals surface area contributed by atoms with Crippen molar-refractivity contribution in [2.75, 3.05) is 19.0 Å². The predicted molar refractivity (Wildman–Crippen MR) is 110 cm³/mol. The number of para-hydroxylation sites is 1. The molecule has 30 heavy (non-hydrogen) atoms. The summed E-state index contributed by atoms with van der Waals surface area (Å²) in [5.74, 6) is -0.582. The standard InChI is InChI=1S/C21H22N2O7/c1-4-29-18-8-6-5-7-15(18)9-12-20(24)30-14(2)21(25)22-17-11-10-16(23(26)27)13-19(17)28-3/h5-14H,4H2,1-3H3,(H,22,25)/b12-9+/t14-/m0/s1. The van der Waals surface area contributed by atoms with Crippen molar-refractivity contribution in [2.24, 2.45) is 0 Å². The highest BCUT2D eigenvalue weighted by atomic mass is 16.6. The number of rotatable bonds is 9. The Labute approximate surface area is 173 Å². The Hall–Kier alpha value is -3.88. The zero-order valence-corrected chi connectivity index (χ0v) is 16.8. The monoisotopic (exact) mass is 414 g/mol. The van der Waals surface area contributed by atoms with Gasteiger partial charge >= 0.3 is 5.97 Å². The van der Waals surface area contributed by atoms with E-state index in [9.17, 15) is 19.7 Å². The van der Waals surface area contributed by atoms with Crippen LogP contribution in [0.25, 0.3) is 6.08 Å². The van der Waals surface area contributed by atoms with Crippen LogP contribution in [-0.4, -0.2) is 36.6 Å². The number of carbonyl (C=O) groups excluding carboxylic acids is 2. The number of nitro benzene ring substituents is 1. The summed E-state index contributed by atoms with van der Waals surface area (Å²) in [7, 11) is 1.32. The highest BCUT2D eigenvalue weighted by Crippen LogP contribution is 2.29. The van der Waals surface area contributed by atoms with Crippen molar-refractivity contribution < 1.29 is 28.7 Å². The lowest BCUT2D eigenvalue weighted by Gasteiger charge is -2.14. The minimum atomic E-state index is -1.11. The van der Waals surface area contributed by atoms with Gasteiger partial charge in [-0.25, -0.2) is 4.79 Å². The van der Waals surface area contributed by atoms with Crippen molar-refractivity contribution in [3.63, 3.8) is 0 Å². The molecule has 1 amide bonds. The summed E-state index contributed by atoms with van der Waals surface area (Å²) in [5.41, 5.74) is 0.739. The quantitative estimate of drug-likeness (QED) is 0.288. The van der Waals surface area contributed by atoms with E-state index in [-0.39, 0.29) is 17.1 Å². The van der Waals surface area contributed by atoms with Crippen molar-refractivity contribution in [1.82, 2.24) is 0 Å². The number of benzene rings is 2. The molecule has 0 radical (unpaired) electrons. The van der Waals surface area contributed by atoms with E-state index in [1.165, 1.54) is 44.4 Å². The lowest BCUT2D eigenvalue weighted by atomic mass is 10.2. The van der Waals surface area contributed by atoms with Gasteiger partial charge in [0.05, 0.1) is 30.4 Å². The molecule has 2 aromatic carbocycles. The first-order valence-electron chi connectivity index (χ1n) is 9.09. The van der Waals surface area contributed by atoms with Crippen LogP contribution in [0.4, 0.5) is 11.4 Å². The smallest absolute Gasteiger partial charge is 0.331 e. The number of nitrogens with zero attached hydrogens (tertiary/aromatic N) is 1. The maximum atomic E-state index is 12.3. The molecule has 2 rings (SSSR count). The first-order valence-corrected chi connectivity index (χ1v) is 9.09. The number of hydrogen-bond acceptors (Lipinski definition) is 7. The van der Waals surface area contributed by atoms with Crippen LogP contribution in [0.1, 0.15) is 19.4 Å². The third kappa shape index (κ3) is 6.06. The Morgan fingerprint density at radius 3 is 2.60 bits per heavy atom. The van der Waals surface area contributed by atoms with Gasteiger partial charge in [-0.2, -0.15) is 0 Å². The average Bonchev–Trinajstić information content (AvgIpc) is 2.73. The maximum Gasteiger partial charge on any atom is 0.331 e. The number of nitrogens with one attached hydrogen (secondary N) is 1.